The van der Waals surface area contributed by atoms with E-state index < -0.39 is 0 Å². The number of aldehydes is 1. The van der Waals surface area contributed by atoms with E-state index in [-0.39, 0.29) is 6.04 Å². The molecule has 0 aliphatic carbocycles. The van der Waals surface area contributed by atoms with Crippen LogP contribution in [-0.2, 0) is 4.79 Å². The first-order valence-corrected chi connectivity index (χ1v) is 6.19. The van der Waals surface area contributed by atoms with Gasteiger partial charge in [0.2, 0.25) is 0 Å². The summed E-state index contributed by atoms with van der Waals surface area (Å²) in [6, 6.07) is 8.19. The minimum Gasteiger partial charge on any atom is -0.363 e. The third-order valence-corrected chi connectivity index (χ3v) is 2.83. The number of hydrogen-bond acceptors (Lipinski definition) is 3. The monoisotopic (exact) mass is 243 g/mol. The first kappa shape index (κ1) is 12.5. The summed E-state index contributed by atoms with van der Waals surface area (Å²) in [5.41, 5.74) is 0. The molecule has 1 atom stereocenters. The van der Waals surface area contributed by atoms with Crippen LogP contribution in [0.25, 0.3) is 6.08 Å². The van der Waals surface area contributed by atoms with Crippen molar-refractivity contribution in [3.05, 3.63) is 34.8 Å². The Morgan fingerprint density at radius 1 is 1.56 bits per heavy atom. The van der Waals surface area contributed by atoms with Crippen LogP contribution in [0.15, 0.2) is 34.3 Å². The van der Waals surface area contributed by atoms with Crippen LogP contribution in [-0.4, -0.2) is 31.3 Å². The van der Waals surface area contributed by atoms with Crippen LogP contribution in [0.1, 0.15) is 13.3 Å². The molecule has 4 nitrogen and oxygen atoms in total. The average Bonchev–Trinajstić information content (AvgIpc) is 2.61. The quantitative estimate of drug-likeness (QED) is 0.464. The van der Waals surface area contributed by atoms with Gasteiger partial charge in [0, 0.05) is 6.54 Å². The van der Waals surface area contributed by atoms with Crippen LogP contribution < -0.4 is 15.9 Å². The van der Waals surface area contributed by atoms with Gasteiger partial charge in [-0.1, -0.05) is 24.3 Å². The normalized spacial score (nSPS) is 18.9. The van der Waals surface area contributed by atoms with Gasteiger partial charge in [-0.25, -0.2) is 0 Å². The molecular weight excluding hydrogens is 226 g/mol. The summed E-state index contributed by atoms with van der Waals surface area (Å²) in [7, 11) is 0. The summed E-state index contributed by atoms with van der Waals surface area (Å²) in [5, 5.41) is 5.31. The smallest absolute Gasteiger partial charge is 0.184 e. The molecule has 0 amide bonds. The van der Waals surface area contributed by atoms with Crippen molar-refractivity contribution < 1.29 is 4.79 Å². The second-order valence-electron chi connectivity index (χ2n) is 4.16. The fourth-order valence-corrected chi connectivity index (χ4v) is 1.96. The molecule has 4 heteroatoms. The van der Waals surface area contributed by atoms with Gasteiger partial charge in [0.15, 0.2) is 12.1 Å². The van der Waals surface area contributed by atoms with Crippen molar-refractivity contribution in [2.75, 3.05) is 13.1 Å². The zero-order valence-corrected chi connectivity index (χ0v) is 10.5. The zero-order valence-electron chi connectivity index (χ0n) is 10.5. The lowest BCUT2D eigenvalue weighted by Gasteiger charge is -2.14. The van der Waals surface area contributed by atoms with Crippen LogP contribution in [0.3, 0.4) is 0 Å². The Labute approximate surface area is 106 Å². The average molecular weight is 243 g/mol. The van der Waals surface area contributed by atoms with Gasteiger partial charge >= 0.3 is 0 Å². The van der Waals surface area contributed by atoms with Gasteiger partial charge in [0.1, 0.15) is 0 Å². The van der Waals surface area contributed by atoms with Gasteiger partial charge in [0.25, 0.3) is 0 Å². The molecule has 18 heavy (non-hydrogen) atoms. The summed E-state index contributed by atoms with van der Waals surface area (Å²) in [6.45, 7) is 3.17. The van der Waals surface area contributed by atoms with Gasteiger partial charge in [-0.05, 0) is 24.6 Å². The number of para-hydroxylation sites is 1. The number of rotatable bonds is 3. The number of amidine groups is 1. The Hall–Kier alpha value is -1.97. The van der Waals surface area contributed by atoms with Crippen molar-refractivity contribution in [3.8, 4) is 0 Å². The maximum atomic E-state index is 10.8. The van der Waals surface area contributed by atoms with E-state index in [2.05, 4.69) is 27.4 Å². The summed E-state index contributed by atoms with van der Waals surface area (Å²) < 4.78 is 0. The van der Waals surface area contributed by atoms with E-state index in [4.69, 9.17) is 0 Å². The molecule has 0 saturated heterocycles. The van der Waals surface area contributed by atoms with Crippen LogP contribution >= 0.6 is 0 Å². The summed E-state index contributed by atoms with van der Waals surface area (Å²) in [6.07, 6.45) is 3.76. The van der Waals surface area contributed by atoms with Crippen molar-refractivity contribution in [1.29, 1.82) is 0 Å². The summed E-state index contributed by atoms with van der Waals surface area (Å²) in [5.74, 6) is 0.414. The van der Waals surface area contributed by atoms with E-state index in [9.17, 15) is 4.79 Å². The number of nitrogens with one attached hydrogen (secondary N) is 1. The fraction of sp³-hybridized carbons (Fsp3) is 0.357. The van der Waals surface area contributed by atoms with Crippen LogP contribution in [0, 0.1) is 0 Å². The molecule has 0 spiro atoms. The Morgan fingerprint density at radius 3 is 3.17 bits per heavy atom. The molecular formula is C14H17N3O. The maximum Gasteiger partial charge on any atom is 0.184 e. The van der Waals surface area contributed by atoms with E-state index in [1.807, 2.05) is 25.1 Å². The molecule has 0 fully saturated rings. The molecule has 1 N–H and O–H groups in total. The van der Waals surface area contributed by atoms with Gasteiger partial charge in [-0.15, -0.1) is 0 Å². The Balaban J connectivity index is 2.15. The zero-order chi connectivity index (χ0) is 12.8. The number of aliphatic imine (C=N–C) groups is 1. The molecule has 1 aromatic rings. The van der Waals surface area contributed by atoms with Crippen LogP contribution in [0.5, 0.6) is 0 Å². The highest BCUT2D eigenvalue weighted by molar-refractivity contribution is 6.27. The highest BCUT2D eigenvalue weighted by Crippen LogP contribution is 1.96. The third-order valence-electron chi connectivity index (χ3n) is 2.83. The van der Waals surface area contributed by atoms with Crippen molar-refractivity contribution in [2.45, 2.75) is 19.4 Å². The van der Waals surface area contributed by atoms with Crippen LogP contribution in [0.2, 0.25) is 0 Å². The Kier molecular flexibility index (Phi) is 4.23. The predicted molar refractivity (Wildman–Crippen MR) is 72.1 cm³/mol. The largest absolute Gasteiger partial charge is 0.363 e. The third kappa shape index (κ3) is 3.03. The van der Waals surface area contributed by atoms with E-state index in [1.54, 1.807) is 0 Å². The molecule has 0 aromatic heterocycles. The van der Waals surface area contributed by atoms with Gasteiger partial charge < -0.3 is 5.32 Å². The molecule has 2 rings (SSSR count). The van der Waals surface area contributed by atoms with E-state index in [0.717, 1.165) is 23.3 Å². The van der Waals surface area contributed by atoms with E-state index >= 15 is 0 Å². The standard InChI is InChI=1S/C14H17N3O/c1-2-15-14(10-18)17-12-8-7-11-5-3-4-6-13(11)16-9-12/h3-7,10,12H,2,8-9H2,1H3,(H,15,17). The van der Waals surface area contributed by atoms with Gasteiger partial charge in [-0.3, -0.25) is 14.8 Å². The fourth-order valence-electron chi connectivity index (χ4n) is 1.96. The van der Waals surface area contributed by atoms with E-state index in [1.165, 1.54) is 0 Å². The number of carbonyl (C=O) groups excluding carboxylic acids is 1. The van der Waals surface area contributed by atoms with E-state index in [0.29, 0.717) is 18.9 Å². The highest BCUT2D eigenvalue weighted by Gasteiger charge is 2.10. The van der Waals surface area contributed by atoms with Crippen molar-refractivity contribution >= 4 is 18.2 Å². The number of carbonyl (C=O) groups is 1. The van der Waals surface area contributed by atoms with Crippen molar-refractivity contribution in [2.24, 2.45) is 9.98 Å². The first-order valence-electron chi connectivity index (χ1n) is 6.19. The van der Waals surface area contributed by atoms with Gasteiger partial charge in [-0.2, -0.15) is 0 Å². The molecule has 1 aromatic carbocycles. The molecule has 0 saturated carbocycles. The number of nitrogens with zero attached hydrogens (tertiary/aromatic N) is 2. The van der Waals surface area contributed by atoms with Gasteiger partial charge in [0.05, 0.1) is 17.9 Å². The lowest BCUT2D eigenvalue weighted by molar-refractivity contribution is -0.102. The lowest BCUT2D eigenvalue weighted by Crippen LogP contribution is -2.37. The minimum absolute atomic E-state index is 0.132. The summed E-state index contributed by atoms with van der Waals surface area (Å²) in [4.78, 5) is 19.5. The number of benzene rings is 1. The Bertz CT molecular complexity index is 526. The molecule has 1 aliphatic rings. The molecule has 94 valence electrons. The molecule has 0 radical (unpaired) electrons. The molecule has 1 unspecified atom stereocenters. The highest BCUT2D eigenvalue weighted by atomic mass is 16.1. The molecule has 1 aliphatic heterocycles. The topological polar surface area (TPSA) is 53.8 Å². The van der Waals surface area contributed by atoms with Crippen LogP contribution in [0.4, 0.5) is 0 Å². The SMILES string of the molecule is CCN=C(C=O)NC1CC=c2ccccc2=NC1. The summed E-state index contributed by atoms with van der Waals surface area (Å²) >= 11 is 0. The second-order valence-corrected chi connectivity index (χ2v) is 4.16. The minimum atomic E-state index is 0.132. The molecule has 1 heterocycles. The number of hydrogen-bond donors (Lipinski definition) is 1. The Morgan fingerprint density at radius 2 is 2.39 bits per heavy atom. The van der Waals surface area contributed by atoms with Crippen molar-refractivity contribution in [1.82, 2.24) is 5.32 Å². The van der Waals surface area contributed by atoms with Crippen molar-refractivity contribution in [3.63, 3.8) is 0 Å². The predicted octanol–water partition coefficient (Wildman–Crippen LogP) is 0.0659. The first-order chi connectivity index (χ1) is 8.83. The lowest BCUT2D eigenvalue weighted by atomic mass is 10.2. The number of fused-ring (bicyclic) bond motifs is 1. The maximum absolute atomic E-state index is 10.8. The second kappa shape index (κ2) is 6.10. The molecule has 0 bridgehead atoms.